The monoisotopic (exact) mass is 277 g/mol. The van der Waals surface area contributed by atoms with Gasteiger partial charge in [0.15, 0.2) is 0 Å². The Labute approximate surface area is 117 Å². The fourth-order valence-corrected chi connectivity index (χ4v) is 1.63. The van der Waals surface area contributed by atoms with Gasteiger partial charge in [-0.15, -0.1) is 5.10 Å². The molecule has 0 amide bonds. The summed E-state index contributed by atoms with van der Waals surface area (Å²) in [6.45, 7) is 2.69. The molecule has 0 saturated carbocycles. The first-order valence-corrected chi connectivity index (χ1v) is 6.53. The van der Waals surface area contributed by atoms with E-state index in [0.717, 1.165) is 19.5 Å². The van der Waals surface area contributed by atoms with Crippen molar-refractivity contribution >= 4 is 6.01 Å². The molecule has 2 aromatic rings. The molecule has 7 nitrogen and oxygen atoms in total. The minimum absolute atomic E-state index is 0.447. The lowest BCUT2D eigenvalue weighted by atomic mass is 10.2. The first-order chi connectivity index (χ1) is 9.88. The minimum atomic E-state index is 0.447. The molecule has 0 aliphatic heterocycles. The molecule has 0 fully saturated rings. The van der Waals surface area contributed by atoms with Gasteiger partial charge in [-0.1, -0.05) is 5.10 Å². The van der Waals surface area contributed by atoms with Crippen LogP contribution in [0.5, 0.6) is 0 Å². The van der Waals surface area contributed by atoms with Gasteiger partial charge in [-0.05, 0) is 24.1 Å². The van der Waals surface area contributed by atoms with E-state index in [1.165, 1.54) is 5.56 Å². The van der Waals surface area contributed by atoms with Crippen LogP contribution >= 0.6 is 0 Å². The molecule has 0 saturated heterocycles. The van der Waals surface area contributed by atoms with Crippen LogP contribution in [0, 0.1) is 0 Å². The van der Waals surface area contributed by atoms with Crippen LogP contribution in [0.15, 0.2) is 28.9 Å². The molecule has 0 radical (unpaired) electrons. The van der Waals surface area contributed by atoms with E-state index in [9.17, 15) is 0 Å². The summed E-state index contributed by atoms with van der Waals surface area (Å²) in [7, 11) is 1.67. The zero-order chi connectivity index (χ0) is 14.0. The predicted octanol–water partition coefficient (Wildman–Crippen LogP) is 0.855. The Bertz CT molecular complexity index is 489. The Morgan fingerprint density at radius 1 is 1.20 bits per heavy atom. The highest BCUT2D eigenvalue weighted by atomic mass is 16.5. The average molecular weight is 277 g/mol. The van der Waals surface area contributed by atoms with Gasteiger partial charge in [0.25, 0.3) is 0 Å². The van der Waals surface area contributed by atoms with Crippen LogP contribution in [0.3, 0.4) is 0 Å². The highest BCUT2D eigenvalue weighted by Crippen LogP contribution is 2.05. The van der Waals surface area contributed by atoms with Crippen LogP contribution in [-0.2, 0) is 17.7 Å². The molecule has 0 spiro atoms. The zero-order valence-electron chi connectivity index (χ0n) is 11.5. The lowest BCUT2D eigenvalue weighted by Crippen LogP contribution is -2.18. The Hall–Kier alpha value is -1.99. The third kappa shape index (κ3) is 4.94. The maximum absolute atomic E-state index is 5.45. The van der Waals surface area contributed by atoms with Gasteiger partial charge in [-0.3, -0.25) is 4.98 Å². The molecular weight excluding hydrogens is 258 g/mol. The fraction of sp³-hybridized carbons (Fsp3) is 0.462. The average Bonchev–Trinajstić information content (AvgIpc) is 2.93. The van der Waals surface area contributed by atoms with Gasteiger partial charge in [0, 0.05) is 32.6 Å². The summed E-state index contributed by atoms with van der Waals surface area (Å²) in [6, 6.07) is 4.42. The lowest BCUT2D eigenvalue weighted by Gasteiger charge is -2.01. The van der Waals surface area contributed by atoms with Crippen molar-refractivity contribution in [1.82, 2.24) is 20.5 Å². The van der Waals surface area contributed by atoms with Crippen molar-refractivity contribution in [2.24, 2.45) is 0 Å². The second-order valence-corrected chi connectivity index (χ2v) is 4.20. The summed E-state index contributed by atoms with van der Waals surface area (Å²) >= 11 is 0. The number of hydrogen-bond donors (Lipinski definition) is 2. The summed E-state index contributed by atoms with van der Waals surface area (Å²) in [5, 5.41) is 14.1. The third-order valence-electron chi connectivity index (χ3n) is 2.67. The van der Waals surface area contributed by atoms with Crippen LogP contribution in [0.4, 0.5) is 6.01 Å². The number of rotatable bonds is 9. The number of aromatic nitrogens is 3. The molecule has 2 heterocycles. The van der Waals surface area contributed by atoms with Crippen molar-refractivity contribution in [3.05, 3.63) is 36.0 Å². The summed E-state index contributed by atoms with van der Waals surface area (Å²) in [5.41, 5.74) is 1.22. The minimum Gasteiger partial charge on any atom is -0.407 e. The number of ether oxygens (including phenoxy) is 1. The van der Waals surface area contributed by atoms with Crippen molar-refractivity contribution in [3.8, 4) is 0 Å². The van der Waals surface area contributed by atoms with E-state index in [1.807, 2.05) is 12.1 Å². The van der Waals surface area contributed by atoms with E-state index in [2.05, 4.69) is 25.8 Å². The maximum Gasteiger partial charge on any atom is 0.315 e. The molecule has 0 aliphatic carbocycles. The molecule has 0 unspecified atom stereocenters. The van der Waals surface area contributed by atoms with Crippen LogP contribution in [0.2, 0.25) is 0 Å². The number of nitrogens with zero attached hydrogens (tertiary/aromatic N) is 3. The van der Waals surface area contributed by atoms with Gasteiger partial charge < -0.3 is 19.8 Å². The van der Waals surface area contributed by atoms with Gasteiger partial charge in [-0.2, -0.15) is 0 Å². The summed E-state index contributed by atoms with van der Waals surface area (Å²) in [5.74, 6) is 0.563. The quantitative estimate of drug-likeness (QED) is 0.657. The predicted molar refractivity (Wildman–Crippen MR) is 74.3 cm³/mol. The topological polar surface area (TPSA) is 85.1 Å². The Balaban J connectivity index is 1.67. The number of pyridine rings is 1. The third-order valence-corrected chi connectivity index (χ3v) is 2.67. The number of nitrogens with one attached hydrogen (secondary N) is 2. The van der Waals surface area contributed by atoms with Gasteiger partial charge in [-0.25, -0.2) is 0 Å². The molecule has 0 aliphatic rings. The van der Waals surface area contributed by atoms with E-state index >= 15 is 0 Å². The molecule has 0 bridgehead atoms. The highest BCUT2D eigenvalue weighted by molar-refractivity contribution is 5.19. The van der Waals surface area contributed by atoms with E-state index in [-0.39, 0.29) is 0 Å². The molecule has 2 rings (SSSR count). The summed E-state index contributed by atoms with van der Waals surface area (Å²) < 4.78 is 10.4. The zero-order valence-corrected chi connectivity index (χ0v) is 11.5. The first kappa shape index (κ1) is 14.4. The van der Waals surface area contributed by atoms with Crippen molar-refractivity contribution in [1.29, 1.82) is 0 Å². The first-order valence-electron chi connectivity index (χ1n) is 6.53. The van der Waals surface area contributed by atoms with Crippen molar-refractivity contribution in [2.75, 3.05) is 32.1 Å². The van der Waals surface area contributed by atoms with Gasteiger partial charge >= 0.3 is 6.01 Å². The molecule has 0 atom stereocenters. The number of hydrogen-bond acceptors (Lipinski definition) is 7. The van der Waals surface area contributed by atoms with E-state index < -0.39 is 0 Å². The molecule has 2 N–H and O–H groups in total. The molecule has 108 valence electrons. The lowest BCUT2D eigenvalue weighted by molar-refractivity contribution is 0.198. The smallest absolute Gasteiger partial charge is 0.315 e. The van der Waals surface area contributed by atoms with Crippen LogP contribution in [-0.4, -0.2) is 42.0 Å². The van der Waals surface area contributed by atoms with Gasteiger partial charge in [0.05, 0.1) is 13.2 Å². The molecule has 0 aromatic carbocycles. The normalized spacial score (nSPS) is 10.7. The Morgan fingerprint density at radius 3 is 2.85 bits per heavy atom. The number of anilines is 1. The van der Waals surface area contributed by atoms with Crippen molar-refractivity contribution < 1.29 is 9.15 Å². The van der Waals surface area contributed by atoms with E-state index in [1.54, 1.807) is 19.5 Å². The van der Waals surface area contributed by atoms with Crippen LogP contribution < -0.4 is 10.6 Å². The highest BCUT2D eigenvalue weighted by Gasteiger charge is 2.04. The second kappa shape index (κ2) is 8.23. The molecule has 20 heavy (non-hydrogen) atoms. The molecular formula is C13H19N5O2. The van der Waals surface area contributed by atoms with Gasteiger partial charge in [0.1, 0.15) is 0 Å². The van der Waals surface area contributed by atoms with E-state index in [4.69, 9.17) is 9.15 Å². The van der Waals surface area contributed by atoms with Crippen molar-refractivity contribution in [2.45, 2.75) is 13.0 Å². The largest absolute Gasteiger partial charge is 0.407 e. The van der Waals surface area contributed by atoms with E-state index in [0.29, 0.717) is 25.1 Å². The van der Waals surface area contributed by atoms with Crippen LogP contribution in [0.1, 0.15) is 11.5 Å². The molecule has 2 aromatic heterocycles. The SMILES string of the molecule is COCCNCc1nnc(NCCc2ccncc2)o1. The Morgan fingerprint density at radius 2 is 2.05 bits per heavy atom. The Kier molecular flexibility index (Phi) is 5.94. The van der Waals surface area contributed by atoms with Crippen molar-refractivity contribution in [3.63, 3.8) is 0 Å². The summed E-state index contributed by atoms with van der Waals surface area (Å²) in [4.78, 5) is 3.98. The van der Waals surface area contributed by atoms with Gasteiger partial charge in [0.2, 0.25) is 5.89 Å². The fourth-order valence-electron chi connectivity index (χ4n) is 1.63. The molecule has 7 heteroatoms. The maximum atomic E-state index is 5.45. The second-order valence-electron chi connectivity index (χ2n) is 4.20. The standard InChI is InChI=1S/C13H19N5O2/c1-19-9-8-15-10-12-17-18-13(20-12)16-7-4-11-2-5-14-6-3-11/h2-3,5-6,15H,4,7-10H2,1H3,(H,16,18). The summed E-state index contributed by atoms with van der Waals surface area (Å²) in [6.07, 6.45) is 4.45. The van der Waals surface area contributed by atoms with Crippen LogP contribution in [0.25, 0.3) is 0 Å². The number of methoxy groups -OCH3 is 1.